The van der Waals surface area contributed by atoms with E-state index in [1.807, 2.05) is 0 Å². The van der Waals surface area contributed by atoms with Gasteiger partial charge in [-0.05, 0) is 111 Å². The number of nitrogens with zero attached hydrogens (tertiary/aromatic N) is 3. The van der Waals surface area contributed by atoms with Crippen molar-refractivity contribution in [1.82, 2.24) is 42.1 Å². The Morgan fingerprint density at radius 2 is 1.40 bits per heavy atom. The molecule has 412 valence electrons. The molecule has 0 aliphatic carbocycles. The van der Waals surface area contributed by atoms with Crippen molar-refractivity contribution in [3.63, 3.8) is 0 Å². The molecule has 28 heteroatoms. The smallest absolute Gasteiger partial charge is 0.264 e. The third-order valence-electron chi connectivity index (χ3n) is 11.3. The maximum Gasteiger partial charge on any atom is 0.264 e. The first-order valence-electron chi connectivity index (χ1n) is 24.5. The quantitative estimate of drug-likeness (QED) is 0.0122. The van der Waals surface area contributed by atoms with E-state index in [9.17, 15) is 48.3 Å². The van der Waals surface area contributed by atoms with Crippen molar-refractivity contribution in [2.45, 2.75) is 146 Å². The maximum atomic E-state index is 14.2. The van der Waals surface area contributed by atoms with E-state index < -0.39 is 115 Å². The van der Waals surface area contributed by atoms with Gasteiger partial charge >= 0.3 is 0 Å². The van der Waals surface area contributed by atoms with Crippen molar-refractivity contribution < 1.29 is 48.3 Å². The van der Waals surface area contributed by atoms with Gasteiger partial charge in [-0.25, -0.2) is 0 Å². The van der Waals surface area contributed by atoms with Gasteiger partial charge in [-0.3, -0.25) is 53.1 Å². The van der Waals surface area contributed by atoms with Gasteiger partial charge in [0.25, 0.3) is 5.91 Å². The van der Waals surface area contributed by atoms with Crippen LogP contribution in [0.5, 0.6) is 0 Å². The molecule has 0 bridgehead atoms. The number of rotatable bonds is 35. The molecule has 1 heterocycles. The molecule has 0 unspecified atom stereocenters. The molecule has 1 saturated heterocycles. The fourth-order valence-electron chi connectivity index (χ4n) is 7.31. The third kappa shape index (κ3) is 24.6. The van der Waals surface area contributed by atoms with Crippen molar-refractivity contribution in [1.29, 1.82) is 0 Å². The number of carbonyl (C=O) groups is 9. The van der Waals surface area contributed by atoms with E-state index in [1.165, 1.54) is 30.3 Å². The normalized spacial score (nSPS) is 16.7. The highest BCUT2D eigenvalue weighted by molar-refractivity contribution is 6.00. The molecular formula is C45H82N18O10. The van der Waals surface area contributed by atoms with Gasteiger partial charge in [0.15, 0.2) is 5.96 Å². The number of aliphatic hydroxyl groups excluding tert-OH is 1. The van der Waals surface area contributed by atoms with Gasteiger partial charge in [-0.15, -0.1) is 0 Å². The number of hydrogen-bond acceptors (Lipinski definition) is 17. The standard InChI is InChI=1S/C45H82N18O10/c1-4-54-24-26(2)22-32(41(70)60-30(13-6-8-18-47)40(69)59-29(37(51)66)15-10-20-55-45(52)53)61-42(71)33-16-11-21-63(33)44(73)31(14-9-19-48)58-35(65)25-56-38(67)27(3)57-43(72)36(34(64)23-49)62-39(68)28(50)12-5-7-17-46/h4,15,24,27-28,30-34,36,64H,5-14,16-23,25,46-50H2,1-3H3,(H2,51,66)(H,56,67)(H,57,72)(H,58,65)(H,59,69)(H,60,70)(H,61,71)(H,62,68)(H4,52,53,55)/b26-24+,29-15-,54-4?/t27-,28-,30-,31+,32-,33-,34-,36-/m0/s1. The molecule has 0 saturated carbocycles. The van der Waals surface area contributed by atoms with Crippen LogP contribution in [0.3, 0.4) is 0 Å². The Morgan fingerprint density at radius 3 is 2.00 bits per heavy atom. The zero-order chi connectivity index (χ0) is 55.0. The van der Waals surface area contributed by atoms with E-state index in [0.717, 1.165) is 0 Å². The summed E-state index contributed by atoms with van der Waals surface area (Å²) >= 11 is 0. The number of nitrogens with one attached hydrogen (secondary N) is 7. The molecule has 8 atom stereocenters. The summed E-state index contributed by atoms with van der Waals surface area (Å²) in [5.74, 6) is -7.27. The second-order valence-electron chi connectivity index (χ2n) is 17.4. The Hall–Kier alpha value is -6.59. The van der Waals surface area contributed by atoms with Crippen LogP contribution in [-0.2, 0) is 43.2 Å². The Balaban J connectivity index is 3.24. The summed E-state index contributed by atoms with van der Waals surface area (Å²) < 4.78 is 0. The number of primary amides is 1. The van der Waals surface area contributed by atoms with Crippen LogP contribution in [0.25, 0.3) is 0 Å². The fourth-order valence-corrected chi connectivity index (χ4v) is 7.31. The molecular weight excluding hydrogens is 953 g/mol. The van der Waals surface area contributed by atoms with E-state index in [-0.39, 0.29) is 76.2 Å². The number of carbonyl (C=O) groups excluding carboxylic acids is 9. The molecule has 0 aromatic carbocycles. The van der Waals surface area contributed by atoms with Crippen LogP contribution in [0.1, 0.15) is 97.8 Å². The van der Waals surface area contributed by atoms with Crippen LogP contribution < -0.4 is 83.1 Å². The zero-order valence-electron chi connectivity index (χ0n) is 42.4. The first-order valence-corrected chi connectivity index (χ1v) is 24.5. The van der Waals surface area contributed by atoms with Gasteiger partial charge in [-0.1, -0.05) is 18.1 Å². The lowest BCUT2D eigenvalue weighted by atomic mass is 10.0. The number of amides is 9. The highest BCUT2D eigenvalue weighted by Crippen LogP contribution is 2.21. The second kappa shape index (κ2) is 35.5. The Morgan fingerprint density at radius 1 is 0.753 bits per heavy atom. The molecule has 1 rings (SSSR count). The summed E-state index contributed by atoms with van der Waals surface area (Å²) in [5, 5.41) is 28.0. The molecule has 1 aliphatic heterocycles. The molecule has 1 fully saturated rings. The Bertz CT molecular complexity index is 1960. The van der Waals surface area contributed by atoms with Crippen molar-refractivity contribution in [3.8, 4) is 0 Å². The van der Waals surface area contributed by atoms with E-state index in [2.05, 4.69) is 47.2 Å². The molecule has 9 amide bonds. The SMILES string of the molecule is CC=N/C=C(\C)C[C@H](NC(=O)[C@@H]1CCCN1C(=O)[C@@H](CCCN)NC(=O)CNC(=O)[C@H](C)NC(=O)[C@@H](NC(=O)[C@@H](N)CCCCN)[C@@H](O)CN)C(=O)N[C@@H](CCCCN)C(=O)N/C(=C\CCN=C(N)N)C(N)=O. The average Bonchev–Trinajstić information content (AvgIpc) is 3.85. The van der Waals surface area contributed by atoms with Crippen molar-refractivity contribution in [2.24, 2.45) is 55.9 Å². The van der Waals surface area contributed by atoms with Crippen molar-refractivity contribution in [3.05, 3.63) is 23.5 Å². The summed E-state index contributed by atoms with van der Waals surface area (Å²) in [4.78, 5) is 130. The molecule has 24 N–H and O–H groups in total. The zero-order valence-corrected chi connectivity index (χ0v) is 42.4. The maximum absolute atomic E-state index is 14.2. The number of hydrogen-bond donors (Lipinski definition) is 16. The monoisotopic (exact) mass is 1030 g/mol. The van der Waals surface area contributed by atoms with Crippen LogP contribution in [0, 0.1) is 0 Å². The fraction of sp³-hybridized carbons (Fsp3) is 0.667. The summed E-state index contributed by atoms with van der Waals surface area (Å²) in [7, 11) is 0. The van der Waals surface area contributed by atoms with Gasteiger partial charge in [0.1, 0.15) is 41.9 Å². The van der Waals surface area contributed by atoms with Crippen LogP contribution in [0.2, 0.25) is 0 Å². The summed E-state index contributed by atoms with van der Waals surface area (Å²) in [6, 6.07) is -8.64. The number of guanidine groups is 1. The predicted octanol–water partition coefficient (Wildman–Crippen LogP) is -6.29. The molecule has 0 aromatic heterocycles. The molecule has 1 aliphatic rings. The summed E-state index contributed by atoms with van der Waals surface area (Å²) in [6.45, 7) is 4.68. The van der Waals surface area contributed by atoms with Gasteiger partial charge in [0.2, 0.25) is 47.3 Å². The minimum Gasteiger partial charge on any atom is -0.389 e. The lowest BCUT2D eigenvalue weighted by molar-refractivity contribution is -0.142. The third-order valence-corrected chi connectivity index (χ3v) is 11.3. The first kappa shape index (κ1) is 64.4. The minimum atomic E-state index is -1.56. The molecule has 28 nitrogen and oxygen atoms in total. The van der Waals surface area contributed by atoms with Gasteiger partial charge < -0.3 is 93.1 Å². The molecule has 0 aromatic rings. The lowest BCUT2D eigenvalue weighted by Gasteiger charge is -2.30. The topological polar surface area (TPSA) is 494 Å². The van der Waals surface area contributed by atoms with Crippen LogP contribution in [0.4, 0.5) is 0 Å². The van der Waals surface area contributed by atoms with Crippen molar-refractivity contribution >= 4 is 65.3 Å². The molecule has 73 heavy (non-hydrogen) atoms. The van der Waals surface area contributed by atoms with E-state index >= 15 is 0 Å². The number of aliphatic hydroxyl groups is 1. The van der Waals surface area contributed by atoms with E-state index in [1.54, 1.807) is 13.8 Å². The number of unbranched alkanes of at least 4 members (excludes halogenated alkanes) is 2. The lowest BCUT2D eigenvalue weighted by Crippen LogP contribution is -2.60. The Kier molecular flexibility index (Phi) is 31.3. The summed E-state index contributed by atoms with van der Waals surface area (Å²) in [5.41, 5.74) is 45.0. The largest absolute Gasteiger partial charge is 0.389 e. The number of aliphatic imine (C=N–C) groups is 2. The number of nitrogens with two attached hydrogens (primary N) is 8. The van der Waals surface area contributed by atoms with Gasteiger partial charge in [0, 0.05) is 32.0 Å². The van der Waals surface area contributed by atoms with Crippen molar-refractivity contribution in [2.75, 3.05) is 45.8 Å². The highest BCUT2D eigenvalue weighted by atomic mass is 16.3. The van der Waals surface area contributed by atoms with E-state index in [4.69, 9.17) is 45.9 Å². The minimum absolute atomic E-state index is 0.0586. The van der Waals surface area contributed by atoms with Crippen LogP contribution >= 0.6 is 0 Å². The average molecular weight is 1040 g/mol. The van der Waals surface area contributed by atoms with Crippen LogP contribution in [-0.4, -0.2) is 170 Å². The highest BCUT2D eigenvalue weighted by Gasteiger charge is 2.39. The molecule has 0 spiro atoms. The second-order valence-corrected chi connectivity index (χ2v) is 17.4. The summed E-state index contributed by atoms with van der Waals surface area (Å²) in [6.07, 6.45) is 6.28. The Labute approximate surface area is 426 Å². The van der Waals surface area contributed by atoms with E-state index in [0.29, 0.717) is 50.8 Å². The number of likely N-dealkylation sites (tertiary alicyclic amines) is 1. The van der Waals surface area contributed by atoms with Gasteiger partial charge in [0.05, 0.1) is 18.7 Å². The van der Waals surface area contributed by atoms with Crippen LogP contribution in [0.15, 0.2) is 33.5 Å². The first-order chi connectivity index (χ1) is 34.6. The predicted molar refractivity (Wildman–Crippen MR) is 273 cm³/mol. The molecule has 0 radical (unpaired) electrons. The van der Waals surface area contributed by atoms with Gasteiger partial charge in [-0.2, -0.15) is 0 Å².